The van der Waals surface area contributed by atoms with Crippen molar-refractivity contribution < 1.29 is 14.6 Å². The fourth-order valence-electron chi connectivity index (χ4n) is 4.25. The minimum Gasteiger partial charge on any atom is -0.477 e. The van der Waals surface area contributed by atoms with E-state index in [1.807, 2.05) is 30.3 Å². The number of hydrogen-bond donors (Lipinski definition) is 2. The van der Waals surface area contributed by atoms with Crippen LogP contribution in [0.25, 0.3) is 10.9 Å². The van der Waals surface area contributed by atoms with Crippen LogP contribution in [0.4, 0.5) is 5.69 Å². The summed E-state index contributed by atoms with van der Waals surface area (Å²) in [7, 11) is 0. The Labute approximate surface area is 160 Å². The zero-order chi connectivity index (χ0) is 19.3. The monoisotopic (exact) mass is 377 g/mol. The standard InChI is InChI=1S/C21H19N3O4/c25-20-15-5-4-13(9-17(15)23-10-16(20)21(26)27)24-14(7-12-8-18(12)24)11-28-19-3-1-2-6-22-19/h1-6,9-10,12,14,18H,7-8,11H2,(H,23,25)(H,26,27)/t12?,14-,18?/m1/s1. The van der Waals surface area contributed by atoms with E-state index in [4.69, 9.17) is 9.84 Å². The number of nitrogens with zero attached hydrogens (tertiary/aromatic N) is 2. The number of anilines is 1. The molecule has 1 aliphatic heterocycles. The van der Waals surface area contributed by atoms with E-state index in [1.54, 1.807) is 12.3 Å². The summed E-state index contributed by atoms with van der Waals surface area (Å²) in [5.41, 5.74) is 0.950. The lowest BCUT2D eigenvalue weighted by atomic mass is 10.1. The van der Waals surface area contributed by atoms with Gasteiger partial charge in [0.05, 0.1) is 11.6 Å². The van der Waals surface area contributed by atoms with Crippen molar-refractivity contribution in [2.24, 2.45) is 5.92 Å². The molecule has 7 heteroatoms. The van der Waals surface area contributed by atoms with Crippen molar-refractivity contribution in [1.29, 1.82) is 0 Å². The van der Waals surface area contributed by atoms with Gasteiger partial charge in [-0.05, 0) is 43.0 Å². The summed E-state index contributed by atoms with van der Waals surface area (Å²) in [6.07, 6.45) is 5.23. The normalized spacial score (nSPS) is 22.9. The fraction of sp³-hybridized carbons (Fsp3) is 0.286. The number of pyridine rings is 2. The van der Waals surface area contributed by atoms with Crippen molar-refractivity contribution in [3.05, 3.63) is 64.6 Å². The van der Waals surface area contributed by atoms with E-state index in [0.29, 0.717) is 35.3 Å². The van der Waals surface area contributed by atoms with Gasteiger partial charge in [-0.2, -0.15) is 0 Å². The second-order valence-electron chi connectivity index (χ2n) is 7.41. The number of hydrogen-bond acceptors (Lipinski definition) is 5. The topological polar surface area (TPSA) is 95.5 Å². The van der Waals surface area contributed by atoms with E-state index in [-0.39, 0.29) is 11.6 Å². The third-order valence-electron chi connectivity index (χ3n) is 5.67. The minimum absolute atomic E-state index is 0.244. The summed E-state index contributed by atoms with van der Waals surface area (Å²) < 4.78 is 5.88. The van der Waals surface area contributed by atoms with Gasteiger partial charge in [-0.3, -0.25) is 4.79 Å². The Morgan fingerprint density at radius 1 is 1.29 bits per heavy atom. The molecule has 28 heavy (non-hydrogen) atoms. The number of aromatic carboxylic acids is 1. The van der Waals surface area contributed by atoms with Gasteiger partial charge in [-0.15, -0.1) is 0 Å². The molecular weight excluding hydrogens is 358 g/mol. The van der Waals surface area contributed by atoms with Gasteiger partial charge in [0, 0.05) is 35.6 Å². The van der Waals surface area contributed by atoms with Gasteiger partial charge in [-0.25, -0.2) is 9.78 Å². The number of aromatic nitrogens is 2. The molecular formula is C21H19N3O4. The van der Waals surface area contributed by atoms with Crippen molar-refractivity contribution in [3.63, 3.8) is 0 Å². The van der Waals surface area contributed by atoms with Gasteiger partial charge in [0.15, 0.2) is 0 Å². The molecule has 0 spiro atoms. The molecule has 3 heterocycles. The Balaban J connectivity index is 1.43. The smallest absolute Gasteiger partial charge is 0.341 e. The molecule has 1 aromatic carbocycles. The zero-order valence-corrected chi connectivity index (χ0v) is 15.0. The van der Waals surface area contributed by atoms with Gasteiger partial charge in [-0.1, -0.05) is 6.07 Å². The maximum atomic E-state index is 12.4. The molecule has 0 bridgehead atoms. The predicted octanol–water partition coefficient (Wildman–Crippen LogP) is 2.67. The van der Waals surface area contributed by atoms with Crippen molar-refractivity contribution in [1.82, 2.24) is 9.97 Å². The summed E-state index contributed by atoms with van der Waals surface area (Å²) in [4.78, 5) is 33.1. The Morgan fingerprint density at radius 3 is 2.96 bits per heavy atom. The number of carbonyl (C=O) groups is 1. The highest BCUT2D eigenvalue weighted by Gasteiger charge is 2.52. The van der Waals surface area contributed by atoms with Crippen LogP contribution in [0.1, 0.15) is 23.2 Å². The van der Waals surface area contributed by atoms with E-state index in [1.165, 1.54) is 12.6 Å². The Hall–Kier alpha value is -3.35. The van der Waals surface area contributed by atoms with Crippen LogP contribution in [-0.4, -0.2) is 39.7 Å². The number of aromatic amines is 1. The quantitative estimate of drug-likeness (QED) is 0.710. The van der Waals surface area contributed by atoms with Gasteiger partial charge in [0.1, 0.15) is 12.2 Å². The van der Waals surface area contributed by atoms with Gasteiger partial charge in [0.25, 0.3) is 0 Å². The number of H-pyrrole nitrogens is 1. The van der Waals surface area contributed by atoms with E-state index in [9.17, 15) is 9.59 Å². The van der Waals surface area contributed by atoms with Crippen LogP contribution in [0, 0.1) is 5.92 Å². The summed E-state index contributed by atoms with van der Waals surface area (Å²) >= 11 is 0. The maximum absolute atomic E-state index is 12.4. The molecule has 2 fully saturated rings. The molecule has 5 rings (SSSR count). The average Bonchev–Trinajstić information content (AvgIpc) is 3.37. The highest BCUT2D eigenvalue weighted by Crippen LogP contribution is 2.50. The summed E-state index contributed by atoms with van der Waals surface area (Å²) in [6, 6.07) is 11.9. The van der Waals surface area contributed by atoms with Crippen molar-refractivity contribution in [2.45, 2.75) is 24.9 Å². The number of carboxylic acids is 1. The van der Waals surface area contributed by atoms with Crippen LogP contribution < -0.4 is 15.1 Å². The molecule has 0 radical (unpaired) electrons. The van der Waals surface area contributed by atoms with E-state index >= 15 is 0 Å². The van der Waals surface area contributed by atoms with E-state index in [2.05, 4.69) is 14.9 Å². The summed E-state index contributed by atoms with van der Waals surface area (Å²) in [5.74, 6) is 0.0767. The third-order valence-corrected chi connectivity index (χ3v) is 5.67. The van der Waals surface area contributed by atoms with Crippen LogP contribution in [0.5, 0.6) is 5.88 Å². The largest absolute Gasteiger partial charge is 0.477 e. The molecule has 2 N–H and O–H groups in total. The van der Waals surface area contributed by atoms with Crippen molar-refractivity contribution in [3.8, 4) is 5.88 Å². The van der Waals surface area contributed by atoms with Crippen molar-refractivity contribution >= 4 is 22.6 Å². The number of fused-ring (bicyclic) bond motifs is 2. The first-order valence-electron chi connectivity index (χ1n) is 9.33. The molecule has 2 aromatic heterocycles. The molecule has 3 atom stereocenters. The number of benzene rings is 1. The first kappa shape index (κ1) is 16.8. The highest BCUT2D eigenvalue weighted by molar-refractivity contribution is 5.93. The first-order chi connectivity index (χ1) is 13.6. The highest BCUT2D eigenvalue weighted by atomic mass is 16.5. The minimum atomic E-state index is -1.22. The molecule has 3 aromatic rings. The van der Waals surface area contributed by atoms with E-state index in [0.717, 1.165) is 12.1 Å². The Morgan fingerprint density at radius 2 is 2.18 bits per heavy atom. The lowest BCUT2D eigenvalue weighted by Gasteiger charge is -2.29. The molecule has 0 amide bonds. The van der Waals surface area contributed by atoms with Crippen LogP contribution in [0.3, 0.4) is 0 Å². The SMILES string of the molecule is O=C(O)c1c[nH]c2cc(N3C4CC4C[C@@H]3COc3ccccn3)ccc2c1=O. The Kier molecular flexibility index (Phi) is 3.82. The van der Waals surface area contributed by atoms with Crippen LogP contribution >= 0.6 is 0 Å². The number of piperidine rings is 1. The van der Waals surface area contributed by atoms with E-state index < -0.39 is 11.4 Å². The van der Waals surface area contributed by atoms with Gasteiger partial charge >= 0.3 is 5.97 Å². The molecule has 2 unspecified atom stereocenters. The van der Waals surface area contributed by atoms with Crippen LogP contribution in [-0.2, 0) is 0 Å². The third kappa shape index (κ3) is 2.79. The van der Waals surface area contributed by atoms with Gasteiger partial charge in [0.2, 0.25) is 11.3 Å². The molecule has 1 saturated heterocycles. The van der Waals surface area contributed by atoms with Gasteiger partial charge < -0.3 is 19.7 Å². The molecule has 1 saturated carbocycles. The lowest BCUT2D eigenvalue weighted by molar-refractivity contribution is 0.0695. The van der Waals surface area contributed by atoms with Crippen LogP contribution in [0.2, 0.25) is 0 Å². The first-order valence-corrected chi connectivity index (χ1v) is 9.33. The summed E-state index contributed by atoms with van der Waals surface area (Å²) in [6.45, 7) is 0.552. The maximum Gasteiger partial charge on any atom is 0.341 e. The molecule has 142 valence electrons. The molecule has 2 aliphatic rings. The number of rotatable bonds is 5. The zero-order valence-electron chi connectivity index (χ0n) is 15.0. The lowest BCUT2D eigenvalue weighted by Crippen LogP contribution is -2.37. The molecule has 1 aliphatic carbocycles. The number of carboxylic acid groups (broad SMARTS) is 1. The fourth-order valence-corrected chi connectivity index (χ4v) is 4.25. The number of nitrogens with one attached hydrogen (secondary N) is 1. The van der Waals surface area contributed by atoms with Crippen molar-refractivity contribution in [2.75, 3.05) is 11.5 Å². The Bertz CT molecular complexity index is 1110. The second kappa shape index (κ2) is 6.37. The average molecular weight is 377 g/mol. The summed E-state index contributed by atoms with van der Waals surface area (Å²) in [5, 5.41) is 9.52. The number of ether oxygens (including phenoxy) is 1. The second-order valence-corrected chi connectivity index (χ2v) is 7.41. The van der Waals surface area contributed by atoms with Crippen LogP contribution in [0.15, 0.2) is 53.6 Å². The molecule has 7 nitrogen and oxygen atoms in total. The predicted molar refractivity (Wildman–Crippen MR) is 104 cm³/mol.